The highest BCUT2D eigenvalue weighted by molar-refractivity contribution is 5.97. The molecule has 1 aliphatic heterocycles. The number of hydrogen-bond acceptors (Lipinski definition) is 4. The molecular weight excluding hydrogens is 397 g/mol. The predicted octanol–water partition coefficient (Wildman–Crippen LogP) is 4.16. The van der Waals surface area contributed by atoms with Crippen LogP contribution in [0.25, 0.3) is 0 Å². The van der Waals surface area contributed by atoms with Crippen LogP contribution in [-0.2, 0) is 35.2 Å². The Labute approximate surface area is 172 Å². The Balaban J connectivity index is 1.67. The van der Waals surface area contributed by atoms with Crippen molar-refractivity contribution in [3.8, 4) is 0 Å². The summed E-state index contributed by atoms with van der Waals surface area (Å²) in [5.74, 6) is -0.408. The number of benzene rings is 2. The molecule has 1 saturated heterocycles. The zero-order chi connectivity index (χ0) is 21.9. The molecule has 1 fully saturated rings. The van der Waals surface area contributed by atoms with Gasteiger partial charge in [0.25, 0.3) is 0 Å². The van der Waals surface area contributed by atoms with Gasteiger partial charge in [-0.15, -0.1) is 0 Å². The number of ether oxygens (including phenoxy) is 1. The van der Waals surface area contributed by atoms with E-state index in [0.717, 1.165) is 17.7 Å². The standard InChI is InChI=1S/C23H23F3O4/c1-14(22(29)21-13-30-21)10-16-2-6-17(12-27)19(11-16)20(28)9-5-15-3-7-18(8-4-15)23(24,25)26/h2-4,6-8,11,14,21,27H,5,9-10,12-13H2,1H3. The number of Topliss-reactive ketones (excluding diaryl/α,β-unsaturated/α-hetero) is 2. The molecule has 0 aromatic heterocycles. The fourth-order valence-corrected chi connectivity index (χ4v) is 3.38. The van der Waals surface area contributed by atoms with E-state index in [2.05, 4.69) is 0 Å². The van der Waals surface area contributed by atoms with Crippen LogP contribution < -0.4 is 0 Å². The summed E-state index contributed by atoms with van der Waals surface area (Å²) in [6, 6.07) is 9.89. The molecule has 2 atom stereocenters. The summed E-state index contributed by atoms with van der Waals surface area (Å²) in [4.78, 5) is 24.8. The molecule has 7 heteroatoms. The quantitative estimate of drug-likeness (QED) is 0.489. The van der Waals surface area contributed by atoms with E-state index in [1.165, 1.54) is 12.1 Å². The number of ketones is 2. The van der Waals surface area contributed by atoms with Crippen LogP contribution in [0.5, 0.6) is 0 Å². The molecule has 2 aromatic rings. The van der Waals surface area contributed by atoms with E-state index >= 15 is 0 Å². The number of carbonyl (C=O) groups is 2. The van der Waals surface area contributed by atoms with Crippen molar-refractivity contribution in [2.75, 3.05) is 6.61 Å². The van der Waals surface area contributed by atoms with Crippen molar-refractivity contribution in [3.63, 3.8) is 0 Å². The van der Waals surface area contributed by atoms with Crippen LogP contribution in [0.3, 0.4) is 0 Å². The minimum Gasteiger partial charge on any atom is -0.392 e. The second kappa shape index (κ2) is 9.10. The molecule has 4 nitrogen and oxygen atoms in total. The maximum Gasteiger partial charge on any atom is 0.416 e. The Morgan fingerprint density at radius 2 is 1.77 bits per heavy atom. The number of halogens is 3. The molecule has 160 valence electrons. The highest BCUT2D eigenvalue weighted by Gasteiger charge is 2.34. The van der Waals surface area contributed by atoms with E-state index in [1.807, 2.05) is 6.92 Å². The number of rotatable bonds is 9. The van der Waals surface area contributed by atoms with Gasteiger partial charge in [0.15, 0.2) is 11.6 Å². The topological polar surface area (TPSA) is 66.9 Å². The van der Waals surface area contributed by atoms with Gasteiger partial charge in [-0.3, -0.25) is 9.59 Å². The van der Waals surface area contributed by atoms with Crippen LogP contribution in [0, 0.1) is 5.92 Å². The van der Waals surface area contributed by atoms with Gasteiger partial charge in [-0.1, -0.05) is 31.2 Å². The van der Waals surface area contributed by atoms with Crippen molar-refractivity contribution in [1.82, 2.24) is 0 Å². The molecule has 30 heavy (non-hydrogen) atoms. The van der Waals surface area contributed by atoms with Crippen molar-refractivity contribution >= 4 is 11.6 Å². The lowest BCUT2D eigenvalue weighted by Crippen LogP contribution is -2.19. The van der Waals surface area contributed by atoms with Crippen molar-refractivity contribution in [2.45, 2.75) is 45.1 Å². The van der Waals surface area contributed by atoms with E-state index in [9.17, 15) is 27.9 Å². The summed E-state index contributed by atoms with van der Waals surface area (Å²) in [7, 11) is 0. The third-order valence-electron chi connectivity index (χ3n) is 5.25. The first-order valence-electron chi connectivity index (χ1n) is 9.76. The van der Waals surface area contributed by atoms with Gasteiger partial charge in [-0.05, 0) is 47.7 Å². The van der Waals surface area contributed by atoms with Gasteiger partial charge in [0, 0.05) is 17.9 Å². The fraction of sp³-hybridized carbons (Fsp3) is 0.391. The number of aliphatic hydroxyl groups excluding tert-OH is 1. The van der Waals surface area contributed by atoms with Crippen LogP contribution in [0.4, 0.5) is 13.2 Å². The molecule has 1 heterocycles. The van der Waals surface area contributed by atoms with E-state index in [4.69, 9.17) is 4.74 Å². The molecule has 0 aliphatic carbocycles. The minimum absolute atomic E-state index is 0.0383. The zero-order valence-electron chi connectivity index (χ0n) is 16.5. The second-order valence-electron chi connectivity index (χ2n) is 7.60. The lowest BCUT2D eigenvalue weighted by atomic mass is 9.91. The van der Waals surface area contributed by atoms with Crippen LogP contribution >= 0.6 is 0 Å². The van der Waals surface area contributed by atoms with Gasteiger partial charge in [0.05, 0.1) is 18.8 Å². The van der Waals surface area contributed by atoms with Crippen LogP contribution in [0.2, 0.25) is 0 Å². The lowest BCUT2D eigenvalue weighted by Gasteiger charge is -2.13. The summed E-state index contributed by atoms with van der Waals surface area (Å²) in [5, 5.41) is 9.57. The first kappa shape index (κ1) is 22.2. The Hall–Kier alpha value is -2.51. The van der Waals surface area contributed by atoms with Gasteiger partial charge >= 0.3 is 6.18 Å². The number of carbonyl (C=O) groups excluding carboxylic acids is 2. The average molecular weight is 420 g/mol. The van der Waals surface area contributed by atoms with Gasteiger partial charge in [-0.2, -0.15) is 13.2 Å². The molecule has 2 aromatic carbocycles. The number of alkyl halides is 3. The second-order valence-corrected chi connectivity index (χ2v) is 7.60. The third-order valence-corrected chi connectivity index (χ3v) is 5.25. The summed E-state index contributed by atoms with van der Waals surface area (Å²) in [6.07, 6.45) is -3.85. The van der Waals surface area contributed by atoms with Crippen LogP contribution in [-0.4, -0.2) is 29.4 Å². The molecular formula is C23H23F3O4. The number of aryl methyl sites for hydroxylation is 1. The molecule has 0 amide bonds. The maximum absolute atomic E-state index is 12.7. The Morgan fingerprint density at radius 3 is 2.33 bits per heavy atom. The highest BCUT2D eigenvalue weighted by Crippen LogP contribution is 2.29. The summed E-state index contributed by atoms with van der Waals surface area (Å²) < 4.78 is 43.0. The van der Waals surface area contributed by atoms with Crippen molar-refractivity contribution in [2.24, 2.45) is 5.92 Å². The van der Waals surface area contributed by atoms with Crippen molar-refractivity contribution in [3.05, 3.63) is 70.3 Å². The smallest absolute Gasteiger partial charge is 0.392 e. The van der Waals surface area contributed by atoms with E-state index in [1.54, 1.807) is 18.2 Å². The summed E-state index contributed by atoms with van der Waals surface area (Å²) in [6.45, 7) is 1.97. The van der Waals surface area contributed by atoms with E-state index < -0.39 is 11.7 Å². The largest absolute Gasteiger partial charge is 0.416 e. The molecule has 0 spiro atoms. The van der Waals surface area contributed by atoms with Gasteiger partial charge in [0.2, 0.25) is 0 Å². The maximum atomic E-state index is 12.7. The molecule has 2 unspecified atom stereocenters. The Kier molecular flexibility index (Phi) is 6.73. The van der Waals surface area contributed by atoms with Crippen molar-refractivity contribution < 1.29 is 32.6 Å². The Bertz CT molecular complexity index is 915. The van der Waals surface area contributed by atoms with Gasteiger partial charge in [0.1, 0.15) is 6.10 Å². The van der Waals surface area contributed by atoms with E-state index in [0.29, 0.717) is 36.1 Å². The van der Waals surface area contributed by atoms with Crippen LogP contribution in [0.1, 0.15) is 46.0 Å². The van der Waals surface area contributed by atoms with E-state index in [-0.39, 0.29) is 36.6 Å². The van der Waals surface area contributed by atoms with Gasteiger partial charge in [-0.25, -0.2) is 0 Å². The lowest BCUT2D eigenvalue weighted by molar-refractivity contribution is -0.137. The Morgan fingerprint density at radius 1 is 1.13 bits per heavy atom. The fourth-order valence-electron chi connectivity index (χ4n) is 3.38. The molecule has 1 N–H and O–H groups in total. The number of aliphatic hydroxyl groups is 1. The zero-order valence-corrected chi connectivity index (χ0v) is 16.5. The molecule has 0 bridgehead atoms. The molecule has 0 radical (unpaired) electrons. The highest BCUT2D eigenvalue weighted by atomic mass is 19.4. The number of hydrogen-bond donors (Lipinski definition) is 1. The first-order valence-corrected chi connectivity index (χ1v) is 9.76. The average Bonchev–Trinajstić information content (AvgIpc) is 3.56. The third kappa shape index (κ3) is 5.55. The summed E-state index contributed by atoms with van der Waals surface area (Å²) >= 11 is 0. The SMILES string of the molecule is CC(Cc1ccc(CO)c(C(=O)CCc2ccc(C(F)(F)F)cc2)c1)C(=O)C1CO1. The van der Waals surface area contributed by atoms with Crippen molar-refractivity contribution in [1.29, 1.82) is 0 Å². The monoisotopic (exact) mass is 420 g/mol. The summed E-state index contributed by atoms with van der Waals surface area (Å²) in [5.41, 5.74) is 1.58. The first-order chi connectivity index (χ1) is 14.2. The minimum atomic E-state index is -4.39. The normalized spacial score (nSPS) is 16.9. The number of epoxide rings is 1. The molecule has 1 aliphatic rings. The van der Waals surface area contributed by atoms with Gasteiger partial charge < -0.3 is 9.84 Å². The van der Waals surface area contributed by atoms with Crippen LogP contribution in [0.15, 0.2) is 42.5 Å². The predicted molar refractivity (Wildman–Crippen MR) is 104 cm³/mol. The molecule has 3 rings (SSSR count). The molecule has 0 saturated carbocycles.